The van der Waals surface area contributed by atoms with E-state index < -0.39 is 0 Å². The molecule has 1 heterocycles. The van der Waals surface area contributed by atoms with Crippen molar-refractivity contribution in [2.75, 3.05) is 6.54 Å². The van der Waals surface area contributed by atoms with Crippen LogP contribution < -0.4 is 5.32 Å². The molecule has 1 aliphatic carbocycles. The van der Waals surface area contributed by atoms with Crippen molar-refractivity contribution < 1.29 is 9.59 Å². The van der Waals surface area contributed by atoms with Crippen LogP contribution in [0.4, 0.5) is 0 Å². The second-order valence-electron chi connectivity index (χ2n) is 4.72. The van der Waals surface area contributed by atoms with Crippen molar-refractivity contribution in [3.05, 3.63) is 11.1 Å². The van der Waals surface area contributed by atoms with Gasteiger partial charge in [0, 0.05) is 17.2 Å². The molecule has 5 heteroatoms. The van der Waals surface area contributed by atoms with Gasteiger partial charge in [-0.3, -0.25) is 9.59 Å². The molecule has 94 valence electrons. The molecule has 1 N–H and O–H groups in total. The van der Waals surface area contributed by atoms with E-state index in [1.54, 1.807) is 11.8 Å². The molecule has 0 aromatic heterocycles. The molecule has 2 amide bonds. The number of carbonyl (C=O) groups excluding carboxylic acids is 2. The Balaban J connectivity index is 2.15. The molecule has 0 bridgehead atoms. The molecule has 2 rings (SSSR count). The SMILES string of the molecule is C/C(Cl)=C/C(=O)N1CC(=O)NC2CCCCC21. The van der Waals surface area contributed by atoms with Gasteiger partial charge in [-0.1, -0.05) is 24.4 Å². The van der Waals surface area contributed by atoms with Crippen LogP contribution in [0.1, 0.15) is 32.6 Å². The first-order valence-corrected chi connectivity index (χ1v) is 6.39. The number of hydrogen-bond acceptors (Lipinski definition) is 2. The Morgan fingerprint density at radius 1 is 1.47 bits per heavy atom. The number of allylic oxidation sites excluding steroid dienone is 1. The van der Waals surface area contributed by atoms with E-state index in [2.05, 4.69) is 5.32 Å². The lowest BCUT2D eigenvalue weighted by atomic mass is 9.87. The Kier molecular flexibility index (Phi) is 3.72. The molecule has 1 aliphatic heterocycles. The lowest BCUT2D eigenvalue weighted by Crippen LogP contribution is -2.62. The van der Waals surface area contributed by atoms with Gasteiger partial charge in [0.2, 0.25) is 11.8 Å². The monoisotopic (exact) mass is 256 g/mol. The highest BCUT2D eigenvalue weighted by Gasteiger charge is 2.38. The minimum absolute atomic E-state index is 0.0675. The standard InChI is InChI=1S/C12H17ClN2O2/c1-8(13)6-12(17)15-7-11(16)14-9-4-2-3-5-10(9)15/h6,9-10H,2-5,7H2,1H3,(H,14,16)/b8-6-. The zero-order valence-corrected chi connectivity index (χ0v) is 10.7. The normalized spacial score (nSPS) is 29.6. The van der Waals surface area contributed by atoms with Gasteiger partial charge in [-0.05, 0) is 19.8 Å². The fourth-order valence-electron chi connectivity index (χ4n) is 2.67. The second kappa shape index (κ2) is 5.08. The summed E-state index contributed by atoms with van der Waals surface area (Å²) in [5, 5.41) is 3.42. The van der Waals surface area contributed by atoms with Crippen LogP contribution in [-0.4, -0.2) is 35.3 Å². The van der Waals surface area contributed by atoms with Gasteiger partial charge in [0.05, 0.1) is 6.04 Å². The van der Waals surface area contributed by atoms with Gasteiger partial charge >= 0.3 is 0 Å². The summed E-state index contributed by atoms with van der Waals surface area (Å²) >= 11 is 5.72. The van der Waals surface area contributed by atoms with E-state index in [1.165, 1.54) is 6.08 Å². The molecule has 0 aromatic rings. The lowest BCUT2D eigenvalue weighted by molar-refractivity contribution is -0.140. The number of amides is 2. The van der Waals surface area contributed by atoms with Gasteiger partial charge in [0.1, 0.15) is 6.54 Å². The average Bonchev–Trinajstić information content (AvgIpc) is 2.26. The number of nitrogens with zero attached hydrogens (tertiary/aromatic N) is 1. The van der Waals surface area contributed by atoms with Crippen molar-refractivity contribution in [3.63, 3.8) is 0 Å². The number of rotatable bonds is 1. The zero-order chi connectivity index (χ0) is 12.4. The van der Waals surface area contributed by atoms with Crippen LogP contribution in [0.25, 0.3) is 0 Å². The first kappa shape index (κ1) is 12.4. The maximum atomic E-state index is 12.0. The van der Waals surface area contributed by atoms with Crippen molar-refractivity contribution in [2.24, 2.45) is 0 Å². The fourth-order valence-corrected chi connectivity index (χ4v) is 2.76. The van der Waals surface area contributed by atoms with Crippen molar-refractivity contribution in [3.8, 4) is 0 Å². The lowest BCUT2D eigenvalue weighted by Gasteiger charge is -2.43. The highest BCUT2D eigenvalue weighted by molar-refractivity contribution is 6.30. The van der Waals surface area contributed by atoms with Crippen LogP contribution in [0.3, 0.4) is 0 Å². The Hall–Kier alpha value is -1.03. The number of halogens is 1. The zero-order valence-electron chi connectivity index (χ0n) is 9.91. The molecule has 0 aromatic carbocycles. The molecule has 2 aliphatic rings. The second-order valence-corrected chi connectivity index (χ2v) is 5.32. The summed E-state index contributed by atoms with van der Waals surface area (Å²) < 4.78 is 0. The topological polar surface area (TPSA) is 49.4 Å². The molecule has 1 saturated carbocycles. The first-order chi connectivity index (χ1) is 8.08. The number of fused-ring (bicyclic) bond motifs is 1. The summed E-state index contributed by atoms with van der Waals surface area (Å²) in [6.07, 6.45) is 5.56. The van der Waals surface area contributed by atoms with Gasteiger partial charge < -0.3 is 10.2 Å². The highest BCUT2D eigenvalue weighted by Crippen LogP contribution is 2.26. The quantitative estimate of drug-likeness (QED) is 0.721. The van der Waals surface area contributed by atoms with E-state index in [-0.39, 0.29) is 30.4 Å². The Morgan fingerprint density at radius 3 is 2.88 bits per heavy atom. The van der Waals surface area contributed by atoms with Crippen LogP contribution in [0, 0.1) is 0 Å². The van der Waals surface area contributed by atoms with Crippen LogP contribution in [-0.2, 0) is 9.59 Å². The van der Waals surface area contributed by atoms with E-state index in [1.807, 2.05) is 0 Å². The van der Waals surface area contributed by atoms with Crippen molar-refractivity contribution in [1.82, 2.24) is 10.2 Å². The predicted octanol–water partition coefficient (Wildman–Crippen LogP) is 1.40. The van der Waals surface area contributed by atoms with Crippen LogP contribution in [0.2, 0.25) is 0 Å². The van der Waals surface area contributed by atoms with Crippen molar-refractivity contribution >= 4 is 23.4 Å². The van der Waals surface area contributed by atoms with Crippen LogP contribution in [0.5, 0.6) is 0 Å². The Labute approximate surface area is 106 Å². The van der Waals surface area contributed by atoms with Gasteiger partial charge in [-0.25, -0.2) is 0 Å². The Bertz CT molecular complexity index is 364. The smallest absolute Gasteiger partial charge is 0.248 e. The molecule has 2 atom stereocenters. The van der Waals surface area contributed by atoms with E-state index >= 15 is 0 Å². The summed E-state index contributed by atoms with van der Waals surface area (Å²) in [5.74, 6) is -0.216. The summed E-state index contributed by atoms with van der Waals surface area (Å²) in [7, 11) is 0. The largest absolute Gasteiger partial charge is 0.350 e. The summed E-state index contributed by atoms with van der Waals surface area (Å²) in [6.45, 7) is 1.82. The van der Waals surface area contributed by atoms with Crippen molar-refractivity contribution in [2.45, 2.75) is 44.7 Å². The first-order valence-electron chi connectivity index (χ1n) is 6.01. The molecule has 1 saturated heterocycles. The summed E-state index contributed by atoms with van der Waals surface area (Å²) in [4.78, 5) is 25.2. The molecule has 2 unspecified atom stereocenters. The van der Waals surface area contributed by atoms with Crippen LogP contribution >= 0.6 is 11.6 Å². The number of hydrogen-bond donors (Lipinski definition) is 1. The highest BCUT2D eigenvalue weighted by atomic mass is 35.5. The third-order valence-electron chi connectivity index (χ3n) is 3.40. The molecule has 17 heavy (non-hydrogen) atoms. The third kappa shape index (κ3) is 2.80. The summed E-state index contributed by atoms with van der Waals surface area (Å²) in [5.41, 5.74) is 0. The minimum Gasteiger partial charge on any atom is -0.350 e. The third-order valence-corrected chi connectivity index (χ3v) is 3.50. The van der Waals surface area contributed by atoms with Gasteiger partial charge in [-0.15, -0.1) is 0 Å². The number of piperazine rings is 1. The molecule has 0 spiro atoms. The van der Waals surface area contributed by atoms with Gasteiger partial charge in [0.15, 0.2) is 0 Å². The minimum atomic E-state index is -0.149. The maximum absolute atomic E-state index is 12.0. The molecular formula is C12H17ClN2O2. The van der Waals surface area contributed by atoms with Gasteiger partial charge in [-0.2, -0.15) is 0 Å². The van der Waals surface area contributed by atoms with Gasteiger partial charge in [0.25, 0.3) is 0 Å². The Morgan fingerprint density at radius 2 is 2.18 bits per heavy atom. The number of carbonyl (C=O) groups is 2. The fraction of sp³-hybridized carbons (Fsp3) is 0.667. The van der Waals surface area contributed by atoms with E-state index in [4.69, 9.17) is 11.6 Å². The van der Waals surface area contributed by atoms with E-state index in [9.17, 15) is 9.59 Å². The number of nitrogens with one attached hydrogen (secondary N) is 1. The van der Waals surface area contributed by atoms with Crippen molar-refractivity contribution in [1.29, 1.82) is 0 Å². The predicted molar refractivity (Wildman–Crippen MR) is 65.5 cm³/mol. The maximum Gasteiger partial charge on any atom is 0.248 e. The average molecular weight is 257 g/mol. The molecule has 2 fully saturated rings. The van der Waals surface area contributed by atoms with Crippen LogP contribution in [0.15, 0.2) is 11.1 Å². The molecule has 4 nitrogen and oxygen atoms in total. The van der Waals surface area contributed by atoms with E-state index in [0.717, 1.165) is 25.7 Å². The van der Waals surface area contributed by atoms with E-state index in [0.29, 0.717) is 5.03 Å². The molecular weight excluding hydrogens is 240 g/mol. The summed E-state index contributed by atoms with van der Waals surface area (Å²) in [6, 6.07) is 0.263. The molecule has 0 radical (unpaired) electrons.